The number of carbonyl (C=O) groups excluding carboxylic acids is 1. The quantitative estimate of drug-likeness (QED) is 0.299. The molecular weight excluding hydrogens is 428 g/mol. The molecule has 0 bridgehead atoms. The molecule has 7 nitrogen and oxygen atoms in total. The lowest BCUT2D eigenvalue weighted by molar-refractivity contribution is 0.0955. The minimum atomic E-state index is -0.294. The third-order valence-corrected chi connectivity index (χ3v) is 5.01. The molecule has 4 rings (SSSR count). The number of hydrogen-bond donors (Lipinski definition) is 2. The molecule has 0 radical (unpaired) electrons. The topological polar surface area (TPSA) is 88.6 Å². The van der Waals surface area contributed by atoms with Crippen LogP contribution in [0.2, 0.25) is 0 Å². The highest BCUT2D eigenvalue weighted by Gasteiger charge is 2.11. The number of hydrogen-bond acceptors (Lipinski definition) is 5. The molecule has 3 aromatic carbocycles. The lowest BCUT2D eigenvalue weighted by Crippen LogP contribution is -2.22. The van der Waals surface area contributed by atoms with Crippen LogP contribution in [0.1, 0.15) is 48.1 Å². The van der Waals surface area contributed by atoms with Gasteiger partial charge >= 0.3 is 0 Å². The van der Waals surface area contributed by atoms with Gasteiger partial charge in [-0.05, 0) is 86.5 Å². The Labute approximate surface area is 198 Å². The predicted molar refractivity (Wildman–Crippen MR) is 134 cm³/mol. The number of methoxy groups -OCH3 is 1. The summed E-state index contributed by atoms with van der Waals surface area (Å²) in [5, 5.41) is 4.08. The molecule has 2 N–H and O–H groups in total. The molecule has 0 aliphatic rings. The second-order valence-electron chi connectivity index (χ2n) is 8.92. The zero-order chi connectivity index (χ0) is 24.1. The van der Waals surface area contributed by atoms with Gasteiger partial charge in [-0.3, -0.25) is 4.79 Å². The van der Waals surface area contributed by atoms with E-state index in [-0.39, 0.29) is 11.5 Å². The van der Waals surface area contributed by atoms with Crippen LogP contribution in [0.5, 0.6) is 11.5 Å². The van der Waals surface area contributed by atoms with E-state index in [0.717, 1.165) is 39.5 Å². The summed E-state index contributed by atoms with van der Waals surface area (Å²) in [5.74, 6) is 2.14. The van der Waals surface area contributed by atoms with Crippen molar-refractivity contribution in [2.45, 2.75) is 32.8 Å². The molecule has 0 saturated heterocycles. The first-order valence-corrected chi connectivity index (χ1v) is 11.0. The van der Waals surface area contributed by atoms with E-state index in [1.54, 1.807) is 25.5 Å². The normalized spacial score (nSPS) is 11.6. The number of rotatable bonds is 7. The van der Waals surface area contributed by atoms with E-state index in [1.807, 2.05) is 75.4 Å². The Morgan fingerprint density at radius 1 is 1.03 bits per heavy atom. The molecule has 0 aliphatic heterocycles. The van der Waals surface area contributed by atoms with Gasteiger partial charge in [0.1, 0.15) is 22.9 Å². The van der Waals surface area contributed by atoms with Gasteiger partial charge in [0.05, 0.1) is 24.4 Å². The molecule has 174 valence electrons. The number of amides is 1. The molecule has 0 spiro atoms. The zero-order valence-corrected chi connectivity index (χ0v) is 19.8. The number of fused-ring (bicyclic) bond motifs is 1. The number of aromatic nitrogens is 2. The molecular formula is C27H28N4O3. The van der Waals surface area contributed by atoms with Gasteiger partial charge in [0.2, 0.25) is 0 Å². The Balaban J connectivity index is 1.38. The molecule has 0 fully saturated rings. The van der Waals surface area contributed by atoms with Crippen LogP contribution in [0, 0.1) is 0 Å². The summed E-state index contributed by atoms with van der Waals surface area (Å²) in [6.45, 7) is 6.00. The van der Waals surface area contributed by atoms with E-state index < -0.39 is 0 Å². The molecule has 0 unspecified atom stereocenters. The third-order valence-electron chi connectivity index (χ3n) is 5.01. The molecule has 1 amide bonds. The molecule has 7 heteroatoms. The molecule has 0 saturated carbocycles. The van der Waals surface area contributed by atoms with Gasteiger partial charge in [0.25, 0.3) is 5.91 Å². The Morgan fingerprint density at radius 2 is 1.74 bits per heavy atom. The van der Waals surface area contributed by atoms with Crippen LogP contribution in [-0.2, 0) is 6.42 Å². The van der Waals surface area contributed by atoms with Crippen molar-refractivity contribution in [3.05, 3.63) is 89.2 Å². The molecule has 0 atom stereocenters. The molecule has 0 aliphatic carbocycles. The predicted octanol–water partition coefficient (Wildman–Crippen LogP) is 5.10. The van der Waals surface area contributed by atoms with Crippen molar-refractivity contribution in [2.24, 2.45) is 5.10 Å². The SMILES string of the molecule is COc1ccc(Cc2nc3ccc(C(=O)N/N=C\c4ccc(OC(C)(C)C)cc4)cc3[nH]2)cc1. The fourth-order valence-electron chi connectivity index (χ4n) is 3.43. The smallest absolute Gasteiger partial charge is 0.271 e. The minimum Gasteiger partial charge on any atom is -0.497 e. The number of imidazole rings is 1. The van der Waals surface area contributed by atoms with E-state index in [1.165, 1.54) is 0 Å². The van der Waals surface area contributed by atoms with E-state index in [4.69, 9.17) is 9.47 Å². The second kappa shape index (κ2) is 9.79. The summed E-state index contributed by atoms with van der Waals surface area (Å²) < 4.78 is 11.0. The van der Waals surface area contributed by atoms with E-state index >= 15 is 0 Å². The highest BCUT2D eigenvalue weighted by molar-refractivity contribution is 5.97. The van der Waals surface area contributed by atoms with Crippen LogP contribution in [0.15, 0.2) is 71.8 Å². The lowest BCUT2D eigenvalue weighted by atomic mass is 10.1. The van der Waals surface area contributed by atoms with Gasteiger partial charge in [-0.2, -0.15) is 5.10 Å². The van der Waals surface area contributed by atoms with Gasteiger partial charge in [-0.15, -0.1) is 0 Å². The monoisotopic (exact) mass is 456 g/mol. The van der Waals surface area contributed by atoms with Gasteiger partial charge < -0.3 is 14.5 Å². The number of hydrazone groups is 1. The number of H-pyrrole nitrogens is 1. The summed E-state index contributed by atoms with van der Waals surface area (Å²) in [6, 6.07) is 20.7. The van der Waals surface area contributed by atoms with Crippen LogP contribution in [0.25, 0.3) is 11.0 Å². The van der Waals surface area contributed by atoms with Crippen LogP contribution in [0.3, 0.4) is 0 Å². The Kier molecular flexibility index (Phi) is 6.63. The standard InChI is InChI=1S/C27H28N4O3/c1-27(2,3)34-22-12-7-19(8-13-22)17-28-31-26(32)20-9-14-23-24(16-20)30-25(29-23)15-18-5-10-21(33-4)11-6-18/h5-14,16-17H,15H2,1-4H3,(H,29,30)(H,31,32)/b28-17-. The van der Waals surface area contributed by atoms with Crippen LogP contribution in [-0.4, -0.2) is 34.8 Å². The van der Waals surface area contributed by atoms with Crippen molar-refractivity contribution >= 4 is 23.2 Å². The average Bonchev–Trinajstić information content (AvgIpc) is 3.21. The van der Waals surface area contributed by atoms with Crippen LogP contribution < -0.4 is 14.9 Å². The zero-order valence-electron chi connectivity index (χ0n) is 19.8. The maximum absolute atomic E-state index is 12.6. The maximum Gasteiger partial charge on any atom is 0.271 e. The Bertz CT molecular complexity index is 1300. The fraction of sp³-hybridized carbons (Fsp3) is 0.222. The van der Waals surface area contributed by atoms with Crippen LogP contribution >= 0.6 is 0 Å². The van der Waals surface area contributed by atoms with Crippen molar-refractivity contribution in [1.29, 1.82) is 0 Å². The third kappa shape index (κ3) is 6.01. The summed E-state index contributed by atoms with van der Waals surface area (Å²) in [5.41, 5.74) is 6.40. The van der Waals surface area contributed by atoms with Gasteiger partial charge in [-0.1, -0.05) is 12.1 Å². The summed E-state index contributed by atoms with van der Waals surface area (Å²) in [4.78, 5) is 20.5. The van der Waals surface area contributed by atoms with E-state index in [9.17, 15) is 4.79 Å². The molecule has 1 aromatic heterocycles. The summed E-state index contributed by atoms with van der Waals surface area (Å²) >= 11 is 0. The Hall–Kier alpha value is -4.13. The highest BCUT2D eigenvalue weighted by atomic mass is 16.5. The van der Waals surface area contributed by atoms with Crippen molar-refractivity contribution in [3.8, 4) is 11.5 Å². The van der Waals surface area contributed by atoms with Gasteiger partial charge in [0, 0.05) is 12.0 Å². The number of benzene rings is 3. The second-order valence-corrected chi connectivity index (χ2v) is 8.92. The maximum atomic E-state index is 12.6. The van der Waals surface area contributed by atoms with E-state index in [2.05, 4.69) is 20.5 Å². The number of nitrogens with one attached hydrogen (secondary N) is 2. The van der Waals surface area contributed by atoms with Gasteiger partial charge in [-0.25, -0.2) is 10.4 Å². The number of ether oxygens (including phenoxy) is 2. The minimum absolute atomic E-state index is 0.254. The summed E-state index contributed by atoms with van der Waals surface area (Å²) in [7, 11) is 1.65. The number of nitrogens with zero attached hydrogens (tertiary/aromatic N) is 2. The van der Waals surface area contributed by atoms with Crippen LogP contribution in [0.4, 0.5) is 0 Å². The fourth-order valence-corrected chi connectivity index (χ4v) is 3.43. The van der Waals surface area contributed by atoms with Crippen molar-refractivity contribution in [1.82, 2.24) is 15.4 Å². The number of carbonyl (C=O) groups is 1. The van der Waals surface area contributed by atoms with E-state index in [0.29, 0.717) is 12.0 Å². The molecule has 1 heterocycles. The highest BCUT2D eigenvalue weighted by Crippen LogP contribution is 2.19. The van der Waals surface area contributed by atoms with Crippen molar-refractivity contribution in [3.63, 3.8) is 0 Å². The number of aromatic amines is 1. The largest absolute Gasteiger partial charge is 0.497 e. The lowest BCUT2D eigenvalue weighted by Gasteiger charge is -2.21. The summed E-state index contributed by atoms with van der Waals surface area (Å²) in [6.07, 6.45) is 2.25. The van der Waals surface area contributed by atoms with Crippen molar-refractivity contribution in [2.75, 3.05) is 7.11 Å². The first-order valence-electron chi connectivity index (χ1n) is 11.0. The van der Waals surface area contributed by atoms with Crippen molar-refractivity contribution < 1.29 is 14.3 Å². The first-order chi connectivity index (χ1) is 16.3. The molecule has 4 aromatic rings. The Morgan fingerprint density at radius 3 is 2.41 bits per heavy atom. The average molecular weight is 457 g/mol. The first kappa shape index (κ1) is 23.0. The molecule has 34 heavy (non-hydrogen) atoms. The van der Waals surface area contributed by atoms with Gasteiger partial charge in [0.15, 0.2) is 0 Å².